The summed E-state index contributed by atoms with van der Waals surface area (Å²) in [4.78, 5) is 21.7. The number of amides is 1. The molecule has 2 heterocycles. The average molecular weight is 430 g/mol. The number of carbonyl (C=O) groups is 1. The molecule has 172 valence electrons. The van der Waals surface area contributed by atoms with E-state index in [4.69, 9.17) is 9.73 Å². The van der Waals surface area contributed by atoms with Crippen LogP contribution in [0.5, 0.6) is 5.75 Å². The second-order valence-electron chi connectivity index (χ2n) is 8.53. The lowest BCUT2D eigenvalue weighted by Crippen LogP contribution is -2.46. The van der Waals surface area contributed by atoms with Gasteiger partial charge in [0.25, 0.3) is 0 Å². The predicted molar refractivity (Wildman–Crippen MR) is 126 cm³/mol. The van der Waals surface area contributed by atoms with E-state index in [2.05, 4.69) is 39.5 Å². The van der Waals surface area contributed by atoms with Gasteiger partial charge < -0.3 is 20.3 Å². The first kappa shape index (κ1) is 23.4. The van der Waals surface area contributed by atoms with Crippen molar-refractivity contribution in [1.29, 1.82) is 0 Å². The number of rotatable bonds is 8. The van der Waals surface area contributed by atoms with Crippen LogP contribution in [0.3, 0.4) is 0 Å². The Kier molecular flexibility index (Phi) is 9.00. The Bertz CT molecular complexity index is 707. The minimum atomic E-state index is 0.145. The molecule has 3 rings (SSSR count). The maximum Gasteiger partial charge on any atom is 0.220 e. The minimum Gasteiger partial charge on any atom is -0.497 e. The van der Waals surface area contributed by atoms with Crippen LogP contribution < -0.4 is 15.4 Å². The van der Waals surface area contributed by atoms with E-state index in [0.717, 1.165) is 63.8 Å². The molecule has 1 amide bonds. The van der Waals surface area contributed by atoms with Crippen molar-refractivity contribution in [2.24, 2.45) is 10.9 Å². The zero-order valence-corrected chi connectivity index (χ0v) is 19.4. The van der Waals surface area contributed by atoms with Crippen LogP contribution in [-0.4, -0.2) is 75.1 Å². The summed E-state index contributed by atoms with van der Waals surface area (Å²) in [7, 11) is 3.42. The molecular weight excluding hydrogens is 390 g/mol. The van der Waals surface area contributed by atoms with Crippen LogP contribution in [0.1, 0.15) is 50.6 Å². The highest BCUT2D eigenvalue weighted by atomic mass is 16.5. The number of nitrogens with one attached hydrogen (secondary N) is 2. The first-order chi connectivity index (χ1) is 15.1. The van der Waals surface area contributed by atoms with Gasteiger partial charge in [-0.25, -0.2) is 0 Å². The van der Waals surface area contributed by atoms with E-state index < -0.39 is 0 Å². The summed E-state index contributed by atoms with van der Waals surface area (Å²) in [6, 6.07) is 8.73. The van der Waals surface area contributed by atoms with Crippen molar-refractivity contribution in [3.05, 3.63) is 29.8 Å². The number of ether oxygens (including phenoxy) is 1. The van der Waals surface area contributed by atoms with Crippen LogP contribution >= 0.6 is 0 Å². The van der Waals surface area contributed by atoms with Gasteiger partial charge in [0, 0.05) is 33.1 Å². The van der Waals surface area contributed by atoms with Crippen molar-refractivity contribution < 1.29 is 9.53 Å². The summed E-state index contributed by atoms with van der Waals surface area (Å²) in [5, 5.41) is 6.24. The Morgan fingerprint density at radius 2 is 1.84 bits per heavy atom. The quantitative estimate of drug-likeness (QED) is 0.491. The Labute approximate surface area is 187 Å². The number of hydrogen-bond acceptors (Lipinski definition) is 4. The van der Waals surface area contributed by atoms with Gasteiger partial charge in [0.1, 0.15) is 5.75 Å². The fourth-order valence-electron chi connectivity index (χ4n) is 4.62. The molecule has 2 aliphatic heterocycles. The first-order valence-corrected chi connectivity index (χ1v) is 11.8. The number of carbonyl (C=O) groups excluding carboxylic acids is 1. The number of piperidine rings is 1. The molecule has 1 atom stereocenters. The lowest BCUT2D eigenvalue weighted by Gasteiger charge is -2.34. The highest BCUT2D eigenvalue weighted by Gasteiger charge is 2.26. The molecular formula is C24H39N5O2. The van der Waals surface area contributed by atoms with Gasteiger partial charge in [-0.2, -0.15) is 0 Å². The number of methoxy groups -OCH3 is 1. The molecule has 2 fully saturated rings. The zero-order chi connectivity index (χ0) is 22.1. The third-order valence-corrected chi connectivity index (χ3v) is 6.50. The Morgan fingerprint density at radius 3 is 2.42 bits per heavy atom. The van der Waals surface area contributed by atoms with Gasteiger partial charge in [0.2, 0.25) is 5.91 Å². The lowest BCUT2D eigenvalue weighted by molar-refractivity contribution is -0.121. The molecule has 31 heavy (non-hydrogen) atoms. The molecule has 0 radical (unpaired) electrons. The molecule has 0 aromatic heterocycles. The van der Waals surface area contributed by atoms with Crippen molar-refractivity contribution in [1.82, 2.24) is 20.4 Å². The predicted octanol–water partition coefficient (Wildman–Crippen LogP) is 2.65. The van der Waals surface area contributed by atoms with E-state index >= 15 is 0 Å². The highest BCUT2D eigenvalue weighted by Crippen LogP contribution is 2.27. The molecule has 0 bridgehead atoms. The van der Waals surface area contributed by atoms with Gasteiger partial charge in [-0.1, -0.05) is 12.1 Å². The Balaban J connectivity index is 1.68. The molecule has 7 nitrogen and oxygen atoms in total. The van der Waals surface area contributed by atoms with Crippen molar-refractivity contribution in [2.45, 2.75) is 45.1 Å². The average Bonchev–Trinajstić information content (AvgIpc) is 3.34. The largest absolute Gasteiger partial charge is 0.497 e. The topological polar surface area (TPSA) is 69.2 Å². The standard InChI is InChI=1S/C24H39N5O2/c1-4-26-24(29-15-11-19(12-16-29)17-23(30)25-2)27-18-22(28-13-5-6-14-28)20-7-9-21(31-3)10-8-20/h7-10,19,22H,4-6,11-18H2,1-3H3,(H,25,30)(H,26,27). The van der Waals surface area contributed by atoms with E-state index in [1.807, 2.05) is 12.1 Å². The summed E-state index contributed by atoms with van der Waals surface area (Å²) in [6.07, 6.45) is 5.22. The second-order valence-corrected chi connectivity index (χ2v) is 8.53. The molecule has 2 aliphatic rings. The minimum absolute atomic E-state index is 0.145. The highest BCUT2D eigenvalue weighted by molar-refractivity contribution is 5.80. The van der Waals surface area contributed by atoms with Crippen LogP contribution in [0.2, 0.25) is 0 Å². The maximum absolute atomic E-state index is 11.7. The van der Waals surface area contributed by atoms with Crippen molar-refractivity contribution >= 4 is 11.9 Å². The molecule has 2 saturated heterocycles. The van der Waals surface area contributed by atoms with E-state index in [9.17, 15) is 4.79 Å². The van der Waals surface area contributed by atoms with E-state index in [0.29, 0.717) is 12.3 Å². The summed E-state index contributed by atoms with van der Waals surface area (Å²) >= 11 is 0. The van der Waals surface area contributed by atoms with E-state index in [1.54, 1.807) is 14.2 Å². The van der Waals surface area contributed by atoms with Gasteiger partial charge in [-0.05, 0) is 69.3 Å². The van der Waals surface area contributed by atoms with Gasteiger partial charge in [0.05, 0.1) is 19.7 Å². The number of nitrogens with zero attached hydrogens (tertiary/aromatic N) is 3. The van der Waals surface area contributed by atoms with E-state index in [1.165, 1.54) is 18.4 Å². The number of likely N-dealkylation sites (tertiary alicyclic amines) is 2. The summed E-state index contributed by atoms with van der Waals surface area (Å²) in [5.74, 6) is 2.50. The zero-order valence-electron chi connectivity index (χ0n) is 19.4. The molecule has 7 heteroatoms. The fourth-order valence-corrected chi connectivity index (χ4v) is 4.62. The maximum atomic E-state index is 11.7. The van der Waals surface area contributed by atoms with Crippen molar-refractivity contribution in [3.8, 4) is 5.75 Å². The van der Waals surface area contributed by atoms with Gasteiger partial charge >= 0.3 is 0 Å². The Morgan fingerprint density at radius 1 is 1.16 bits per heavy atom. The normalized spacial score (nSPS) is 19.3. The number of aliphatic imine (C=N–C) groups is 1. The summed E-state index contributed by atoms with van der Waals surface area (Å²) < 4.78 is 5.34. The van der Waals surface area contributed by atoms with Crippen LogP contribution in [0.15, 0.2) is 29.3 Å². The molecule has 1 unspecified atom stereocenters. The molecule has 1 aromatic carbocycles. The number of guanidine groups is 1. The molecule has 2 N–H and O–H groups in total. The second kappa shape index (κ2) is 11.9. The van der Waals surface area contributed by atoms with Gasteiger partial charge in [0.15, 0.2) is 5.96 Å². The van der Waals surface area contributed by atoms with Crippen molar-refractivity contribution in [3.63, 3.8) is 0 Å². The van der Waals surface area contributed by atoms with Crippen LogP contribution in [0.4, 0.5) is 0 Å². The number of hydrogen-bond donors (Lipinski definition) is 2. The molecule has 0 saturated carbocycles. The third-order valence-electron chi connectivity index (χ3n) is 6.50. The molecule has 0 spiro atoms. The van der Waals surface area contributed by atoms with Gasteiger partial charge in [-0.3, -0.25) is 14.7 Å². The summed E-state index contributed by atoms with van der Waals surface area (Å²) in [6.45, 7) is 7.88. The SMILES string of the molecule is CCNC(=NCC(c1ccc(OC)cc1)N1CCCC1)N1CCC(CC(=O)NC)CC1. The lowest BCUT2D eigenvalue weighted by atomic mass is 9.93. The Hall–Kier alpha value is -2.28. The van der Waals surface area contributed by atoms with E-state index in [-0.39, 0.29) is 11.9 Å². The van der Waals surface area contributed by atoms with Crippen molar-refractivity contribution in [2.75, 3.05) is 53.4 Å². The van der Waals surface area contributed by atoms with Crippen LogP contribution in [0.25, 0.3) is 0 Å². The first-order valence-electron chi connectivity index (χ1n) is 11.8. The number of benzene rings is 1. The monoisotopic (exact) mass is 429 g/mol. The van der Waals surface area contributed by atoms with Gasteiger partial charge in [-0.15, -0.1) is 0 Å². The molecule has 1 aromatic rings. The summed E-state index contributed by atoms with van der Waals surface area (Å²) in [5.41, 5.74) is 1.30. The smallest absolute Gasteiger partial charge is 0.220 e. The fraction of sp³-hybridized carbons (Fsp3) is 0.667. The van der Waals surface area contributed by atoms with Crippen LogP contribution in [-0.2, 0) is 4.79 Å². The molecule has 0 aliphatic carbocycles. The third kappa shape index (κ3) is 6.60. The van der Waals surface area contributed by atoms with Crippen LogP contribution in [0, 0.1) is 5.92 Å².